The van der Waals surface area contributed by atoms with Crippen LogP contribution in [0, 0.1) is 0 Å². The molecule has 21 heavy (non-hydrogen) atoms. The largest absolute Gasteiger partial charge is 0.317 e. The molecule has 0 spiro atoms. The second-order valence-electron chi connectivity index (χ2n) is 5.02. The number of aromatic nitrogens is 3. The number of pyridine rings is 1. The van der Waals surface area contributed by atoms with E-state index in [0.717, 1.165) is 31.6 Å². The number of anilines is 1. The zero-order valence-corrected chi connectivity index (χ0v) is 11.6. The summed E-state index contributed by atoms with van der Waals surface area (Å²) < 4.78 is 0. The van der Waals surface area contributed by atoms with Gasteiger partial charge in [-0.05, 0) is 38.1 Å². The van der Waals surface area contributed by atoms with Crippen LogP contribution in [0.15, 0.2) is 36.8 Å². The van der Waals surface area contributed by atoms with E-state index in [1.807, 2.05) is 6.07 Å². The maximum Gasteiger partial charge on any atom is 0.277 e. The SMILES string of the molecule is O=C(Nc1ccccn1)c1cnc(C2CCNCC2)cn1. The molecular formula is C15H17N5O. The Morgan fingerprint density at radius 3 is 2.67 bits per heavy atom. The van der Waals surface area contributed by atoms with Crippen LogP contribution in [0.2, 0.25) is 0 Å². The van der Waals surface area contributed by atoms with E-state index in [4.69, 9.17) is 0 Å². The third-order valence-corrected chi connectivity index (χ3v) is 3.57. The monoisotopic (exact) mass is 283 g/mol. The van der Waals surface area contributed by atoms with Crippen LogP contribution in [0.5, 0.6) is 0 Å². The number of piperidine rings is 1. The maximum atomic E-state index is 12.0. The third-order valence-electron chi connectivity index (χ3n) is 3.57. The number of hydrogen-bond donors (Lipinski definition) is 2. The van der Waals surface area contributed by atoms with Gasteiger partial charge in [-0.2, -0.15) is 0 Å². The highest BCUT2D eigenvalue weighted by atomic mass is 16.1. The first-order valence-corrected chi connectivity index (χ1v) is 7.08. The van der Waals surface area contributed by atoms with Crippen LogP contribution in [-0.2, 0) is 0 Å². The molecule has 2 N–H and O–H groups in total. The molecule has 0 bridgehead atoms. The van der Waals surface area contributed by atoms with E-state index in [1.165, 1.54) is 6.20 Å². The molecule has 1 amide bonds. The molecule has 0 atom stereocenters. The lowest BCUT2D eigenvalue weighted by Gasteiger charge is -2.21. The van der Waals surface area contributed by atoms with E-state index >= 15 is 0 Å². The summed E-state index contributed by atoms with van der Waals surface area (Å²) in [6.07, 6.45) is 7.00. The summed E-state index contributed by atoms with van der Waals surface area (Å²) in [5, 5.41) is 6.02. The van der Waals surface area contributed by atoms with Gasteiger partial charge >= 0.3 is 0 Å². The number of rotatable bonds is 3. The van der Waals surface area contributed by atoms with Crippen LogP contribution >= 0.6 is 0 Å². The molecule has 2 aromatic rings. The standard InChI is InChI=1S/C15H17N5O/c21-15(20-14-3-1-2-6-17-14)13-10-18-12(9-19-13)11-4-7-16-8-5-11/h1-3,6,9-11,16H,4-5,7-8H2,(H,17,20,21). The van der Waals surface area contributed by atoms with E-state index in [1.54, 1.807) is 24.5 Å². The van der Waals surface area contributed by atoms with Crippen molar-refractivity contribution in [3.05, 3.63) is 48.2 Å². The Hall–Kier alpha value is -2.34. The van der Waals surface area contributed by atoms with Crippen LogP contribution < -0.4 is 10.6 Å². The molecular weight excluding hydrogens is 266 g/mol. The van der Waals surface area contributed by atoms with Crippen LogP contribution in [0.1, 0.15) is 34.9 Å². The summed E-state index contributed by atoms with van der Waals surface area (Å²) in [6.45, 7) is 2.02. The Kier molecular flexibility index (Phi) is 4.16. The molecule has 6 heteroatoms. The first-order valence-electron chi connectivity index (χ1n) is 7.08. The number of amides is 1. The quantitative estimate of drug-likeness (QED) is 0.894. The number of hydrogen-bond acceptors (Lipinski definition) is 5. The van der Waals surface area contributed by atoms with Gasteiger partial charge in [-0.15, -0.1) is 0 Å². The Balaban J connectivity index is 1.67. The first kappa shape index (κ1) is 13.6. The molecule has 1 aliphatic rings. The van der Waals surface area contributed by atoms with Crippen LogP contribution in [0.4, 0.5) is 5.82 Å². The summed E-state index contributed by atoms with van der Waals surface area (Å²) in [5.41, 5.74) is 1.27. The van der Waals surface area contributed by atoms with Crippen LogP contribution in [-0.4, -0.2) is 33.9 Å². The minimum atomic E-state index is -0.293. The van der Waals surface area contributed by atoms with Crippen molar-refractivity contribution in [1.29, 1.82) is 0 Å². The normalized spacial score (nSPS) is 15.6. The zero-order chi connectivity index (χ0) is 14.5. The van der Waals surface area contributed by atoms with Crippen LogP contribution in [0.3, 0.4) is 0 Å². The second kappa shape index (κ2) is 6.41. The van der Waals surface area contributed by atoms with Gasteiger partial charge in [0.2, 0.25) is 0 Å². The lowest BCUT2D eigenvalue weighted by molar-refractivity contribution is 0.102. The predicted molar refractivity (Wildman–Crippen MR) is 79.1 cm³/mol. The highest BCUT2D eigenvalue weighted by Gasteiger charge is 2.17. The van der Waals surface area contributed by atoms with Gasteiger partial charge in [0, 0.05) is 18.3 Å². The van der Waals surface area contributed by atoms with Crippen molar-refractivity contribution in [2.45, 2.75) is 18.8 Å². The number of nitrogens with one attached hydrogen (secondary N) is 2. The van der Waals surface area contributed by atoms with Crippen LogP contribution in [0.25, 0.3) is 0 Å². The molecule has 108 valence electrons. The molecule has 6 nitrogen and oxygen atoms in total. The molecule has 1 aliphatic heterocycles. The fourth-order valence-corrected chi connectivity index (χ4v) is 2.40. The molecule has 0 radical (unpaired) electrons. The van der Waals surface area contributed by atoms with E-state index in [9.17, 15) is 4.79 Å². The molecule has 3 heterocycles. The van der Waals surface area contributed by atoms with Crippen molar-refractivity contribution in [1.82, 2.24) is 20.3 Å². The average Bonchev–Trinajstić information content (AvgIpc) is 2.57. The molecule has 0 aromatic carbocycles. The minimum absolute atomic E-state index is 0.293. The summed E-state index contributed by atoms with van der Waals surface area (Å²) in [5.74, 6) is 0.649. The molecule has 1 fully saturated rings. The summed E-state index contributed by atoms with van der Waals surface area (Å²) >= 11 is 0. The zero-order valence-electron chi connectivity index (χ0n) is 11.6. The Morgan fingerprint density at radius 1 is 1.14 bits per heavy atom. The molecule has 2 aromatic heterocycles. The topological polar surface area (TPSA) is 79.8 Å². The van der Waals surface area contributed by atoms with Crippen molar-refractivity contribution >= 4 is 11.7 Å². The second-order valence-corrected chi connectivity index (χ2v) is 5.02. The molecule has 0 saturated carbocycles. The Labute approximate surface area is 123 Å². The number of carbonyl (C=O) groups excluding carboxylic acids is 1. The highest BCUT2D eigenvalue weighted by molar-refractivity contribution is 6.02. The summed E-state index contributed by atoms with van der Waals surface area (Å²) in [4.78, 5) is 24.7. The Morgan fingerprint density at radius 2 is 2.00 bits per heavy atom. The highest BCUT2D eigenvalue weighted by Crippen LogP contribution is 2.22. The van der Waals surface area contributed by atoms with E-state index in [-0.39, 0.29) is 5.91 Å². The predicted octanol–water partition coefficient (Wildman–Crippen LogP) is 1.59. The number of carbonyl (C=O) groups is 1. The van der Waals surface area contributed by atoms with Crippen molar-refractivity contribution < 1.29 is 4.79 Å². The average molecular weight is 283 g/mol. The lowest BCUT2D eigenvalue weighted by atomic mass is 9.95. The third kappa shape index (κ3) is 3.41. The van der Waals surface area contributed by atoms with Crippen molar-refractivity contribution in [3.8, 4) is 0 Å². The van der Waals surface area contributed by atoms with E-state index in [0.29, 0.717) is 17.4 Å². The van der Waals surface area contributed by atoms with Crippen molar-refractivity contribution in [2.24, 2.45) is 0 Å². The van der Waals surface area contributed by atoms with Crippen molar-refractivity contribution in [2.75, 3.05) is 18.4 Å². The molecule has 0 unspecified atom stereocenters. The van der Waals surface area contributed by atoms with E-state index < -0.39 is 0 Å². The van der Waals surface area contributed by atoms with Gasteiger partial charge in [-0.1, -0.05) is 6.07 Å². The van der Waals surface area contributed by atoms with Gasteiger partial charge in [0.25, 0.3) is 5.91 Å². The summed E-state index contributed by atoms with van der Waals surface area (Å²) in [6, 6.07) is 5.34. The lowest BCUT2D eigenvalue weighted by Crippen LogP contribution is -2.27. The van der Waals surface area contributed by atoms with Gasteiger partial charge in [0.15, 0.2) is 0 Å². The van der Waals surface area contributed by atoms with Gasteiger partial charge in [-0.3, -0.25) is 9.78 Å². The molecule has 1 saturated heterocycles. The maximum absolute atomic E-state index is 12.0. The van der Waals surface area contributed by atoms with Gasteiger partial charge in [0.1, 0.15) is 11.5 Å². The van der Waals surface area contributed by atoms with E-state index in [2.05, 4.69) is 25.6 Å². The minimum Gasteiger partial charge on any atom is -0.317 e. The van der Waals surface area contributed by atoms with Crippen molar-refractivity contribution in [3.63, 3.8) is 0 Å². The smallest absolute Gasteiger partial charge is 0.277 e. The first-order chi connectivity index (χ1) is 10.3. The van der Waals surface area contributed by atoms with Gasteiger partial charge in [0.05, 0.1) is 11.9 Å². The Bertz CT molecular complexity index is 593. The summed E-state index contributed by atoms with van der Waals surface area (Å²) in [7, 11) is 0. The fourth-order valence-electron chi connectivity index (χ4n) is 2.40. The van der Waals surface area contributed by atoms with Gasteiger partial charge in [-0.25, -0.2) is 9.97 Å². The fraction of sp³-hybridized carbons (Fsp3) is 0.333. The van der Waals surface area contributed by atoms with Gasteiger partial charge < -0.3 is 10.6 Å². The number of nitrogens with zero attached hydrogens (tertiary/aromatic N) is 3. The molecule has 0 aliphatic carbocycles. The molecule has 3 rings (SSSR count).